The van der Waals surface area contributed by atoms with E-state index < -0.39 is 29.8 Å². The molecule has 0 unspecified atom stereocenters. The number of ether oxygens (including phenoxy) is 1. The highest BCUT2D eigenvalue weighted by Gasteiger charge is 2.43. The molecule has 174 valence electrons. The van der Waals surface area contributed by atoms with Crippen molar-refractivity contribution in [2.24, 2.45) is 5.73 Å². The number of primary amides is 1. The Balaban J connectivity index is 1.57. The number of halogens is 2. The SMILES string of the molecule is NC(=O)[C@H](C(=O)Nc1ccc(N2CCOCC2=O)cc1C(F)F)N(C1CCC1)C1CCC1. The molecule has 1 aromatic carbocycles. The van der Waals surface area contributed by atoms with Crippen molar-refractivity contribution in [2.45, 2.75) is 63.1 Å². The number of rotatable bonds is 8. The monoisotopic (exact) mass is 450 g/mol. The van der Waals surface area contributed by atoms with Crippen molar-refractivity contribution in [1.82, 2.24) is 4.90 Å². The van der Waals surface area contributed by atoms with Crippen LogP contribution < -0.4 is 16.0 Å². The summed E-state index contributed by atoms with van der Waals surface area (Å²) in [4.78, 5) is 40.7. The fourth-order valence-corrected chi connectivity index (χ4v) is 4.51. The van der Waals surface area contributed by atoms with Crippen LogP contribution in [-0.2, 0) is 19.1 Å². The van der Waals surface area contributed by atoms with E-state index in [0.29, 0.717) is 12.3 Å². The van der Waals surface area contributed by atoms with Crippen LogP contribution in [0.1, 0.15) is 50.5 Å². The molecule has 3 amide bonds. The molecule has 0 radical (unpaired) electrons. The lowest BCUT2D eigenvalue weighted by molar-refractivity contribution is -0.138. The van der Waals surface area contributed by atoms with Crippen LogP contribution in [0.25, 0.3) is 0 Å². The van der Waals surface area contributed by atoms with Gasteiger partial charge < -0.3 is 20.7 Å². The number of carbonyl (C=O) groups is 3. The number of hydrogen-bond acceptors (Lipinski definition) is 5. The Hall–Kier alpha value is -2.59. The van der Waals surface area contributed by atoms with Crippen molar-refractivity contribution in [3.05, 3.63) is 23.8 Å². The molecule has 3 N–H and O–H groups in total. The smallest absolute Gasteiger partial charge is 0.265 e. The highest BCUT2D eigenvalue weighted by molar-refractivity contribution is 6.10. The molecule has 3 aliphatic rings. The molecule has 32 heavy (non-hydrogen) atoms. The number of carbonyl (C=O) groups excluding carboxylic acids is 3. The molecule has 1 atom stereocenters. The van der Waals surface area contributed by atoms with Gasteiger partial charge in [0.05, 0.1) is 6.61 Å². The maximum absolute atomic E-state index is 13.8. The van der Waals surface area contributed by atoms with Crippen LogP contribution in [0.3, 0.4) is 0 Å². The number of nitrogens with zero attached hydrogens (tertiary/aromatic N) is 2. The molecule has 0 spiro atoms. The minimum atomic E-state index is -2.89. The van der Waals surface area contributed by atoms with Gasteiger partial charge in [0.15, 0.2) is 6.04 Å². The second-order valence-corrected chi connectivity index (χ2v) is 8.58. The summed E-state index contributed by atoms with van der Waals surface area (Å²) in [5.41, 5.74) is 5.41. The number of morpholine rings is 1. The fraction of sp³-hybridized carbons (Fsp3) is 0.591. The number of hydrogen-bond donors (Lipinski definition) is 2. The lowest BCUT2D eigenvalue weighted by atomic mass is 9.83. The zero-order chi connectivity index (χ0) is 22.8. The van der Waals surface area contributed by atoms with E-state index >= 15 is 0 Å². The van der Waals surface area contributed by atoms with Crippen molar-refractivity contribution >= 4 is 29.1 Å². The minimum absolute atomic E-state index is 0.0946. The molecule has 1 aliphatic heterocycles. The van der Waals surface area contributed by atoms with Crippen LogP contribution in [-0.4, -0.2) is 60.5 Å². The first-order valence-corrected chi connectivity index (χ1v) is 11.0. The summed E-state index contributed by atoms with van der Waals surface area (Å²) in [6.07, 6.45) is 2.71. The number of anilines is 2. The predicted octanol–water partition coefficient (Wildman–Crippen LogP) is 2.19. The van der Waals surface area contributed by atoms with E-state index in [2.05, 4.69) is 5.32 Å². The largest absolute Gasteiger partial charge is 0.370 e. The molecule has 1 aromatic rings. The van der Waals surface area contributed by atoms with Crippen molar-refractivity contribution in [1.29, 1.82) is 0 Å². The summed E-state index contributed by atoms with van der Waals surface area (Å²) in [7, 11) is 0. The number of benzene rings is 1. The lowest BCUT2D eigenvalue weighted by Crippen LogP contribution is -2.62. The van der Waals surface area contributed by atoms with Crippen molar-refractivity contribution in [3.8, 4) is 0 Å². The third-order valence-electron chi connectivity index (χ3n) is 6.63. The molecule has 1 saturated heterocycles. The van der Waals surface area contributed by atoms with Gasteiger partial charge in [-0.05, 0) is 43.9 Å². The molecule has 1 heterocycles. The van der Waals surface area contributed by atoms with Crippen LogP contribution in [0.5, 0.6) is 0 Å². The van der Waals surface area contributed by atoms with Crippen molar-refractivity contribution < 1.29 is 27.9 Å². The predicted molar refractivity (Wildman–Crippen MR) is 113 cm³/mol. The van der Waals surface area contributed by atoms with Gasteiger partial charge in [-0.25, -0.2) is 8.78 Å². The van der Waals surface area contributed by atoms with Crippen LogP contribution in [0.4, 0.5) is 20.2 Å². The Morgan fingerprint density at radius 1 is 1.16 bits per heavy atom. The number of nitrogens with one attached hydrogen (secondary N) is 1. The van der Waals surface area contributed by atoms with Gasteiger partial charge in [-0.1, -0.05) is 12.8 Å². The normalized spacial score (nSPS) is 20.8. The van der Waals surface area contributed by atoms with Gasteiger partial charge in [-0.3, -0.25) is 19.3 Å². The number of nitrogens with two attached hydrogens (primary N) is 1. The van der Waals surface area contributed by atoms with Gasteiger partial charge in [0, 0.05) is 35.6 Å². The van der Waals surface area contributed by atoms with Crippen LogP contribution >= 0.6 is 0 Å². The summed E-state index contributed by atoms with van der Waals surface area (Å²) in [6, 6.07) is 3.03. The first-order valence-electron chi connectivity index (χ1n) is 11.0. The van der Waals surface area contributed by atoms with E-state index in [4.69, 9.17) is 10.5 Å². The summed E-state index contributed by atoms with van der Waals surface area (Å²) in [5, 5.41) is 2.51. The van der Waals surface area contributed by atoms with Gasteiger partial charge in [0.2, 0.25) is 5.91 Å². The topological polar surface area (TPSA) is 105 Å². The highest BCUT2D eigenvalue weighted by atomic mass is 19.3. The second kappa shape index (κ2) is 9.50. The van der Waals surface area contributed by atoms with E-state index in [1.54, 1.807) is 0 Å². The molecule has 2 saturated carbocycles. The summed E-state index contributed by atoms with van der Waals surface area (Å²) in [5.74, 6) is -1.80. The summed E-state index contributed by atoms with van der Waals surface area (Å²) < 4.78 is 32.8. The third kappa shape index (κ3) is 4.47. The molecule has 4 rings (SSSR count). The van der Waals surface area contributed by atoms with E-state index in [0.717, 1.165) is 38.5 Å². The molecular weight excluding hydrogens is 422 g/mol. The Morgan fingerprint density at radius 2 is 1.81 bits per heavy atom. The molecule has 3 fully saturated rings. The average Bonchev–Trinajstić information content (AvgIpc) is 2.65. The Morgan fingerprint density at radius 3 is 2.31 bits per heavy atom. The van der Waals surface area contributed by atoms with E-state index in [-0.39, 0.29) is 36.8 Å². The molecular formula is C22H28F2N4O4. The second-order valence-electron chi connectivity index (χ2n) is 8.58. The summed E-state index contributed by atoms with van der Waals surface area (Å²) >= 11 is 0. The van der Waals surface area contributed by atoms with Crippen LogP contribution in [0, 0.1) is 0 Å². The zero-order valence-corrected chi connectivity index (χ0v) is 17.8. The summed E-state index contributed by atoms with van der Waals surface area (Å²) in [6.45, 7) is 0.461. The van der Waals surface area contributed by atoms with Crippen molar-refractivity contribution in [2.75, 3.05) is 30.0 Å². The maximum Gasteiger partial charge on any atom is 0.265 e. The molecule has 8 nitrogen and oxygen atoms in total. The molecule has 10 heteroatoms. The minimum Gasteiger partial charge on any atom is -0.370 e. The van der Waals surface area contributed by atoms with Gasteiger partial charge in [0.1, 0.15) is 6.61 Å². The third-order valence-corrected chi connectivity index (χ3v) is 6.63. The molecule has 0 bridgehead atoms. The van der Waals surface area contributed by atoms with Gasteiger partial charge in [0.25, 0.3) is 18.2 Å². The van der Waals surface area contributed by atoms with Crippen LogP contribution in [0.2, 0.25) is 0 Å². The fourth-order valence-electron chi connectivity index (χ4n) is 4.51. The van der Waals surface area contributed by atoms with Gasteiger partial charge >= 0.3 is 0 Å². The maximum atomic E-state index is 13.8. The first kappa shape index (κ1) is 22.6. The van der Waals surface area contributed by atoms with E-state index in [9.17, 15) is 23.2 Å². The van der Waals surface area contributed by atoms with Crippen LogP contribution in [0.15, 0.2) is 18.2 Å². The molecule has 0 aromatic heterocycles. The standard InChI is InChI=1S/C22H28F2N4O4/c23-20(24)16-11-15(27-9-10-32-12-18(27)29)7-8-17(16)26-22(31)19(21(25)30)28(13-3-1-4-13)14-5-2-6-14/h7-8,11,13-14,19-20H,1-6,9-10,12H2,(H2,25,30)(H,26,31)/t19-/m1/s1. The first-order chi connectivity index (χ1) is 15.4. The van der Waals surface area contributed by atoms with E-state index in [1.807, 2.05) is 4.90 Å². The molecule has 2 aliphatic carbocycles. The quantitative estimate of drug-likeness (QED) is 0.591. The number of amides is 3. The Labute approximate surface area is 185 Å². The average molecular weight is 450 g/mol. The Bertz CT molecular complexity index is 875. The highest BCUT2D eigenvalue weighted by Crippen LogP contribution is 2.36. The van der Waals surface area contributed by atoms with Gasteiger partial charge in [-0.15, -0.1) is 0 Å². The zero-order valence-electron chi connectivity index (χ0n) is 17.8. The van der Waals surface area contributed by atoms with Gasteiger partial charge in [-0.2, -0.15) is 0 Å². The Kier molecular flexibility index (Phi) is 6.71. The van der Waals surface area contributed by atoms with E-state index in [1.165, 1.54) is 23.1 Å². The number of alkyl halides is 2. The van der Waals surface area contributed by atoms with Crippen molar-refractivity contribution in [3.63, 3.8) is 0 Å². The lowest BCUT2D eigenvalue weighted by Gasteiger charge is -2.48.